The molecule has 0 saturated carbocycles. The van der Waals surface area contributed by atoms with E-state index in [0.29, 0.717) is 22.4 Å². The van der Waals surface area contributed by atoms with Gasteiger partial charge in [-0.05, 0) is 38.0 Å². The number of aromatic nitrogens is 2. The van der Waals surface area contributed by atoms with Gasteiger partial charge in [0.25, 0.3) is 0 Å². The van der Waals surface area contributed by atoms with Gasteiger partial charge in [0.15, 0.2) is 0 Å². The highest BCUT2D eigenvalue weighted by atomic mass is 35.5. The van der Waals surface area contributed by atoms with Crippen LogP contribution in [0.4, 0.5) is 5.69 Å². The summed E-state index contributed by atoms with van der Waals surface area (Å²) >= 11 is 6.00. The number of hydrogen-bond donors (Lipinski definition) is 1. The van der Waals surface area contributed by atoms with Gasteiger partial charge in [-0.2, -0.15) is 5.10 Å². The van der Waals surface area contributed by atoms with Crippen molar-refractivity contribution in [2.45, 2.75) is 40.7 Å². The number of ether oxygens (including phenoxy) is 1. The Balaban J connectivity index is 2.16. The van der Waals surface area contributed by atoms with Crippen LogP contribution in [0.2, 0.25) is 5.02 Å². The largest absolute Gasteiger partial charge is 0.495 e. The normalized spacial score (nSPS) is 11.0. The molecule has 0 aliphatic carbocycles. The van der Waals surface area contributed by atoms with Crippen LogP contribution in [-0.2, 0) is 17.8 Å². The molecule has 2 rings (SSSR count). The van der Waals surface area contributed by atoms with Crippen LogP contribution < -0.4 is 10.1 Å². The summed E-state index contributed by atoms with van der Waals surface area (Å²) in [5.41, 5.74) is 3.46. The van der Waals surface area contributed by atoms with Crippen molar-refractivity contribution in [3.05, 3.63) is 40.2 Å². The van der Waals surface area contributed by atoms with Gasteiger partial charge in [-0.1, -0.05) is 25.4 Å². The van der Waals surface area contributed by atoms with Crippen molar-refractivity contribution in [1.82, 2.24) is 9.78 Å². The van der Waals surface area contributed by atoms with Crippen molar-refractivity contribution < 1.29 is 9.53 Å². The summed E-state index contributed by atoms with van der Waals surface area (Å²) in [5, 5.41) is 7.96. The number of halogens is 1. The third-order valence-electron chi connectivity index (χ3n) is 3.84. The Morgan fingerprint density at radius 2 is 2.08 bits per heavy atom. The van der Waals surface area contributed by atoms with E-state index in [1.165, 1.54) is 0 Å². The zero-order valence-corrected chi connectivity index (χ0v) is 15.6. The molecule has 0 aliphatic heterocycles. The molecule has 0 fully saturated rings. The predicted octanol–water partition coefficient (Wildman–Crippen LogP) is 4.00. The molecule has 0 saturated heterocycles. The number of carbonyl (C=O) groups is 1. The molecule has 0 atom stereocenters. The Labute approximate surface area is 148 Å². The highest BCUT2D eigenvalue weighted by Crippen LogP contribution is 2.28. The number of methoxy groups -OCH3 is 1. The van der Waals surface area contributed by atoms with Gasteiger partial charge in [0.1, 0.15) is 5.75 Å². The van der Waals surface area contributed by atoms with Crippen molar-refractivity contribution in [3.8, 4) is 5.75 Å². The third kappa shape index (κ3) is 4.29. The summed E-state index contributed by atoms with van der Waals surface area (Å²) in [6.45, 7) is 9.08. The number of carbonyl (C=O) groups excluding carboxylic acids is 1. The Morgan fingerprint density at radius 1 is 1.38 bits per heavy atom. The monoisotopic (exact) mass is 349 g/mol. The molecule has 0 unspecified atom stereocenters. The third-order valence-corrected chi connectivity index (χ3v) is 4.08. The van der Waals surface area contributed by atoms with E-state index in [1.807, 2.05) is 18.5 Å². The second-order valence-electron chi connectivity index (χ2n) is 6.29. The number of anilines is 1. The molecule has 130 valence electrons. The number of amides is 1. The molecule has 0 aliphatic rings. The summed E-state index contributed by atoms with van der Waals surface area (Å²) < 4.78 is 7.23. The van der Waals surface area contributed by atoms with Crippen LogP contribution in [0.25, 0.3) is 0 Å². The minimum absolute atomic E-state index is 0.120. The molecule has 1 heterocycles. The minimum atomic E-state index is -0.120. The molecule has 6 heteroatoms. The molecule has 0 radical (unpaired) electrons. The molecular weight excluding hydrogens is 326 g/mol. The van der Waals surface area contributed by atoms with Crippen molar-refractivity contribution in [1.29, 1.82) is 0 Å². The molecule has 1 N–H and O–H groups in total. The smallest absolute Gasteiger partial charge is 0.229 e. The fourth-order valence-electron chi connectivity index (χ4n) is 2.65. The van der Waals surface area contributed by atoms with Crippen LogP contribution in [-0.4, -0.2) is 22.8 Å². The second-order valence-corrected chi connectivity index (χ2v) is 6.73. The van der Waals surface area contributed by atoms with Gasteiger partial charge in [-0.3, -0.25) is 9.48 Å². The molecule has 1 amide bonds. The summed E-state index contributed by atoms with van der Waals surface area (Å²) in [6, 6.07) is 5.13. The number of nitrogens with zero attached hydrogens (tertiary/aromatic N) is 2. The number of rotatable bonds is 6. The number of hydrogen-bond acceptors (Lipinski definition) is 3. The maximum atomic E-state index is 12.5. The van der Waals surface area contributed by atoms with Gasteiger partial charge >= 0.3 is 0 Å². The Hall–Kier alpha value is -2.01. The average Bonchev–Trinajstić information content (AvgIpc) is 2.74. The summed E-state index contributed by atoms with van der Waals surface area (Å²) in [6.07, 6.45) is 0.269. The topological polar surface area (TPSA) is 56.1 Å². The first-order chi connectivity index (χ1) is 11.3. The van der Waals surface area contributed by atoms with Gasteiger partial charge in [-0.25, -0.2) is 0 Å². The molecule has 5 nitrogen and oxygen atoms in total. The van der Waals surface area contributed by atoms with E-state index >= 15 is 0 Å². The lowest BCUT2D eigenvalue weighted by Crippen LogP contribution is -2.16. The summed E-state index contributed by atoms with van der Waals surface area (Å²) in [7, 11) is 1.56. The van der Waals surface area contributed by atoms with E-state index in [9.17, 15) is 4.79 Å². The van der Waals surface area contributed by atoms with Crippen LogP contribution in [0.5, 0.6) is 5.75 Å². The van der Waals surface area contributed by atoms with Gasteiger partial charge < -0.3 is 10.1 Å². The molecule has 1 aromatic heterocycles. The van der Waals surface area contributed by atoms with Crippen LogP contribution >= 0.6 is 11.6 Å². The van der Waals surface area contributed by atoms with Gasteiger partial charge in [-0.15, -0.1) is 0 Å². The highest BCUT2D eigenvalue weighted by molar-refractivity contribution is 6.31. The van der Waals surface area contributed by atoms with Gasteiger partial charge in [0.05, 0.1) is 24.9 Å². The van der Waals surface area contributed by atoms with Crippen LogP contribution in [0.3, 0.4) is 0 Å². The molecule has 24 heavy (non-hydrogen) atoms. The Bertz CT molecular complexity index is 738. The molecule has 0 spiro atoms. The summed E-state index contributed by atoms with van der Waals surface area (Å²) in [4.78, 5) is 12.5. The van der Waals surface area contributed by atoms with E-state index < -0.39 is 0 Å². The number of benzene rings is 1. The van der Waals surface area contributed by atoms with E-state index in [4.69, 9.17) is 16.3 Å². The lowest BCUT2D eigenvalue weighted by molar-refractivity contribution is -0.115. The SMILES string of the molecule is COc1ccc(Cl)cc1NC(=O)Cc1c(C)nn(CC(C)C)c1C. The van der Waals surface area contributed by atoms with E-state index in [0.717, 1.165) is 23.5 Å². The molecule has 1 aromatic carbocycles. The fourth-order valence-corrected chi connectivity index (χ4v) is 2.82. The zero-order valence-electron chi connectivity index (χ0n) is 14.8. The Kier molecular flexibility index (Phi) is 5.89. The average molecular weight is 350 g/mol. The lowest BCUT2D eigenvalue weighted by Gasteiger charge is -2.11. The minimum Gasteiger partial charge on any atom is -0.495 e. The molecule has 2 aromatic rings. The molecular formula is C18H24ClN3O2. The second kappa shape index (κ2) is 7.71. The predicted molar refractivity (Wildman–Crippen MR) is 96.9 cm³/mol. The first-order valence-corrected chi connectivity index (χ1v) is 8.35. The summed E-state index contributed by atoms with van der Waals surface area (Å²) in [5.74, 6) is 0.961. The van der Waals surface area contributed by atoms with Crippen molar-refractivity contribution >= 4 is 23.2 Å². The zero-order chi connectivity index (χ0) is 17.9. The van der Waals surface area contributed by atoms with E-state index in [-0.39, 0.29) is 12.3 Å². The van der Waals surface area contributed by atoms with E-state index in [1.54, 1.807) is 25.3 Å². The first kappa shape index (κ1) is 18.3. The highest BCUT2D eigenvalue weighted by Gasteiger charge is 2.16. The number of aryl methyl sites for hydroxylation is 1. The number of nitrogens with one attached hydrogen (secondary N) is 1. The fraction of sp³-hybridized carbons (Fsp3) is 0.444. The maximum absolute atomic E-state index is 12.5. The first-order valence-electron chi connectivity index (χ1n) is 7.98. The molecule has 0 bridgehead atoms. The Morgan fingerprint density at radius 3 is 2.71 bits per heavy atom. The van der Waals surface area contributed by atoms with Crippen LogP contribution in [0.1, 0.15) is 30.8 Å². The van der Waals surface area contributed by atoms with E-state index in [2.05, 4.69) is 24.3 Å². The van der Waals surface area contributed by atoms with Crippen molar-refractivity contribution in [3.63, 3.8) is 0 Å². The van der Waals surface area contributed by atoms with Crippen LogP contribution in [0.15, 0.2) is 18.2 Å². The lowest BCUT2D eigenvalue weighted by atomic mass is 10.1. The standard InChI is InChI=1S/C18H24ClN3O2/c1-11(2)10-22-13(4)15(12(3)21-22)9-18(23)20-16-8-14(19)6-7-17(16)24-5/h6-8,11H,9-10H2,1-5H3,(H,20,23). The van der Waals surface area contributed by atoms with Crippen molar-refractivity contribution in [2.75, 3.05) is 12.4 Å². The quantitative estimate of drug-likeness (QED) is 0.857. The van der Waals surface area contributed by atoms with Crippen LogP contribution in [0, 0.1) is 19.8 Å². The van der Waals surface area contributed by atoms with Gasteiger partial charge in [0, 0.05) is 22.8 Å². The van der Waals surface area contributed by atoms with Crippen molar-refractivity contribution in [2.24, 2.45) is 5.92 Å². The van der Waals surface area contributed by atoms with Gasteiger partial charge in [0.2, 0.25) is 5.91 Å². The maximum Gasteiger partial charge on any atom is 0.229 e.